The van der Waals surface area contributed by atoms with Crippen molar-refractivity contribution in [2.45, 2.75) is 50.2 Å². The summed E-state index contributed by atoms with van der Waals surface area (Å²) in [5, 5.41) is 0.163. The average Bonchev–Trinajstić information content (AvgIpc) is 2.72. The summed E-state index contributed by atoms with van der Waals surface area (Å²) in [4.78, 5) is 19.0. The van der Waals surface area contributed by atoms with Gasteiger partial charge in [0.05, 0.1) is 21.4 Å². The van der Waals surface area contributed by atoms with Gasteiger partial charge in [0, 0.05) is 25.5 Å². The first-order valence-corrected chi connectivity index (χ1v) is 12.7. The van der Waals surface area contributed by atoms with Gasteiger partial charge >= 0.3 is 0 Å². The molecule has 1 saturated carbocycles. The van der Waals surface area contributed by atoms with Crippen molar-refractivity contribution in [1.82, 2.24) is 9.88 Å². The van der Waals surface area contributed by atoms with Crippen LogP contribution in [-0.4, -0.2) is 37.3 Å². The number of pyridine rings is 1. The monoisotopic (exact) mass is 482 g/mol. The van der Waals surface area contributed by atoms with Crippen molar-refractivity contribution in [2.75, 3.05) is 13.1 Å². The van der Waals surface area contributed by atoms with Crippen LogP contribution in [0.15, 0.2) is 41.6 Å². The van der Waals surface area contributed by atoms with Gasteiger partial charge in [0.25, 0.3) is 5.91 Å². The van der Waals surface area contributed by atoms with Gasteiger partial charge in [-0.3, -0.25) is 9.78 Å². The van der Waals surface area contributed by atoms with E-state index in [0.29, 0.717) is 17.0 Å². The summed E-state index contributed by atoms with van der Waals surface area (Å²) in [7, 11) is -3.79. The number of hydrogen-bond acceptors (Lipinski definition) is 4. The lowest BCUT2D eigenvalue weighted by Crippen LogP contribution is -2.44. The molecule has 2 fully saturated rings. The lowest BCUT2D eigenvalue weighted by molar-refractivity contribution is 0.0520. The van der Waals surface area contributed by atoms with E-state index in [2.05, 4.69) is 4.98 Å². The molecule has 0 spiro atoms. The van der Waals surface area contributed by atoms with E-state index in [9.17, 15) is 13.2 Å². The third kappa shape index (κ3) is 5.24. The Labute approximate surface area is 194 Å². The minimum absolute atomic E-state index is 0. The van der Waals surface area contributed by atoms with E-state index in [1.165, 1.54) is 50.2 Å². The Hall–Kier alpha value is -1.63. The molecule has 8 heteroatoms. The molecule has 5 nitrogen and oxygen atoms in total. The summed E-state index contributed by atoms with van der Waals surface area (Å²) in [6.45, 7) is 1.53. The maximum atomic E-state index is 13.1. The second-order valence-corrected chi connectivity index (χ2v) is 11.0. The summed E-state index contributed by atoms with van der Waals surface area (Å²) in [5.41, 5.74) is 0.853. The molecule has 1 amide bonds. The largest absolute Gasteiger partial charge is 0.338 e. The number of halogens is 2. The number of carbonyl (C=O) groups excluding carboxylic acids is 1. The molecule has 2 heterocycles. The van der Waals surface area contributed by atoms with Gasteiger partial charge in [-0.25, -0.2) is 8.42 Å². The number of carbonyl (C=O) groups is 1. The molecular formula is C23H28Cl2N2O3S. The van der Waals surface area contributed by atoms with Crippen LogP contribution in [0.1, 0.15) is 55.5 Å². The molecule has 0 radical (unpaired) electrons. The molecule has 4 rings (SSSR count). The zero-order valence-electron chi connectivity index (χ0n) is 16.6. The molecule has 2 aliphatic rings. The Morgan fingerprint density at radius 3 is 2.45 bits per heavy atom. The first kappa shape index (κ1) is 24.0. The Morgan fingerprint density at radius 1 is 1.06 bits per heavy atom. The topological polar surface area (TPSA) is 67.3 Å². The Morgan fingerprint density at radius 2 is 1.74 bits per heavy atom. The number of sulfone groups is 1. The van der Waals surface area contributed by atoms with Gasteiger partial charge in [-0.1, -0.05) is 56.0 Å². The van der Waals surface area contributed by atoms with Gasteiger partial charge in [-0.05, 0) is 48.4 Å². The molecule has 168 valence electrons. The minimum atomic E-state index is -3.79. The summed E-state index contributed by atoms with van der Waals surface area (Å²) < 4.78 is 25.8. The van der Waals surface area contributed by atoms with Crippen LogP contribution < -0.4 is 0 Å². The number of fused-ring (bicyclic) bond motifs is 1. The normalized spacial score (nSPS) is 21.2. The average molecular weight is 483 g/mol. The summed E-state index contributed by atoms with van der Waals surface area (Å²) >= 11 is 12.2. The van der Waals surface area contributed by atoms with Crippen molar-refractivity contribution in [3.63, 3.8) is 0 Å². The smallest absolute Gasteiger partial charge is 0.255 e. The van der Waals surface area contributed by atoms with Gasteiger partial charge < -0.3 is 4.90 Å². The van der Waals surface area contributed by atoms with Crippen molar-refractivity contribution in [1.29, 1.82) is 0 Å². The van der Waals surface area contributed by atoms with E-state index >= 15 is 0 Å². The SMILES string of the molecule is C.O=C(c1cncc(CS(=O)(=O)c2c(Cl)cccc2Cl)c1)N1CC[C@@H]2CCCC[C@@H]2C1. The second kappa shape index (κ2) is 9.88. The molecular weight excluding hydrogens is 455 g/mol. The molecule has 1 aromatic carbocycles. The molecule has 1 aromatic heterocycles. The highest BCUT2D eigenvalue weighted by Crippen LogP contribution is 2.36. The number of nitrogens with zero attached hydrogens (tertiary/aromatic N) is 2. The van der Waals surface area contributed by atoms with E-state index in [-0.39, 0.29) is 34.0 Å². The van der Waals surface area contributed by atoms with E-state index in [4.69, 9.17) is 23.2 Å². The Bertz CT molecular complexity index is 1040. The zero-order valence-corrected chi connectivity index (χ0v) is 18.9. The van der Waals surface area contributed by atoms with Crippen LogP contribution in [0, 0.1) is 11.8 Å². The number of likely N-dealkylation sites (tertiary alicyclic amines) is 1. The maximum Gasteiger partial charge on any atom is 0.255 e. The van der Waals surface area contributed by atoms with E-state index in [0.717, 1.165) is 25.4 Å². The second-order valence-electron chi connectivity index (χ2n) is 8.24. The highest BCUT2D eigenvalue weighted by atomic mass is 35.5. The third-order valence-electron chi connectivity index (χ3n) is 6.21. The van der Waals surface area contributed by atoms with Crippen LogP contribution in [-0.2, 0) is 15.6 Å². The van der Waals surface area contributed by atoms with Crippen molar-refractivity contribution < 1.29 is 13.2 Å². The molecule has 2 atom stereocenters. The standard InChI is InChI=1S/C22H24Cl2N2O3S.CH4/c23-19-6-3-7-20(24)21(19)30(28,29)14-15-10-18(12-25-11-15)22(27)26-9-8-16-4-1-2-5-17(16)13-26;/h3,6-7,10-12,16-17H,1-2,4-5,8-9,13-14H2;1H4/t16-,17+;/m0./s1. The highest BCUT2D eigenvalue weighted by Gasteiger charge is 2.33. The molecule has 2 aromatic rings. The molecule has 1 aliphatic heterocycles. The number of benzene rings is 1. The fourth-order valence-electron chi connectivity index (χ4n) is 4.72. The number of hydrogen-bond donors (Lipinski definition) is 0. The summed E-state index contributed by atoms with van der Waals surface area (Å²) in [6.07, 6.45) is 9.01. The maximum absolute atomic E-state index is 13.1. The number of rotatable bonds is 4. The molecule has 0 N–H and O–H groups in total. The van der Waals surface area contributed by atoms with Crippen LogP contribution in [0.25, 0.3) is 0 Å². The van der Waals surface area contributed by atoms with Crippen molar-refractivity contribution in [3.8, 4) is 0 Å². The summed E-state index contributed by atoms with van der Waals surface area (Å²) in [5.74, 6) is 0.907. The van der Waals surface area contributed by atoms with Gasteiger partial charge in [0.1, 0.15) is 4.90 Å². The highest BCUT2D eigenvalue weighted by molar-refractivity contribution is 7.90. The lowest BCUT2D eigenvalue weighted by Gasteiger charge is -2.41. The Kier molecular flexibility index (Phi) is 7.66. The quantitative estimate of drug-likeness (QED) is 0.564. The first-order valence-electron chi connectivity index (χ1n) is 10.2. The van der Waals surface area contributed by atoms with Crippen molar-refractivity contribution in [3.05, 3.63) is 57.8 Å². The fourth-order valence-corrected chi connectivity index (χ4v) is 7.30. The van der Waals surface area contributed by atoms with Crippen LogP contribution in [0.3, 0.4) is 0 Å². The van der Waals surface area contributed by atoms with Gasteiger partial charge in [0.15, 0.2) is 9.84 Å². The number of amides is 1. The zero-order chi connectivity index (χ0) is 21.3. The fraction of sp³-hybridized carbons (Fsp3) is 0.478. The van der Waals surface area contributed by atoms with E-state index in [1.54, 1.807) is 12.1 Å². The molecule has 1 saturated heterocycles. The predicted octanol–water partition coefficient (Wildman–Crippen LogP) is 5.65. The van der Waals surface area contributed by atoms with Crippen LogP contribution in [0.4, 0.5) is 0 Å². The summed E-state index contributed by atoms with van der Waals surface area (Å²) in [6, 6.07) is 6.20. The van der Waals surface area contributed by atoms with Crippen LogP contribution >= 0.6 is 23.2 Å². The molecule has 0 bridgehead atoms. The molecule has 1 aliphatic carbocycles. The van der Waals surface area contributed by atoms with Crippen molar-refractivity contribution in [2.24, 2.45) is 11.8 Å². The third-order valence-corrected chi connectivity index (χ3v) is 8.84. The van der Waals surface area contributed by atoms with Gasteiger partial charge in [-0.15, -0.1) is 0 Å². The van der Waals surface area contributed by atoms with E-state index in [1.807, 2.05) is 4.90 Å². The molecule has 31 heavy (non-hydrogen) atoms. The van der Waals surface area contributed by atoms with Crippen molar-refractivity contribution >= 4 is 38.9 Å². The minimum Gasteiger partial charge on any atom is -0.338 e. The number of aromatic nitrogens is 1. The first-order chi connectivity index (χ1) is 14.3. The van der Waals surface area contributed by atoms with E-state index < -0.39 is 9.84 Å². The number of piperidine rings is 1. The Balaban J connectivity index is 0.00000272. The lowest BCUT2D eigenvalue weighted by atomic mass is 9.75. The predicted molar refractivity (Wildman–Crippen MR) is 124 cm³/mol. The van der Waals surface area contributed by atoms with Gasteiger partial charge in [-0.2, -0.15) is 0 Å². The molecule has 0 unspecified atom stereocenters. The van der Waals surface area contributed by atoms with Crippen LogP contribution in [0.5, 0.6) is 0 Å². The van der Waals surface area contributed by atoms with Gasteiger partial charge in [0.2, 0.25) is 0 Å². The van der Waals surface area contributed by atoms with Crippen LogP contribution in [0.2, 0.25) is 10.0 Å².